The molecule has 0 N–H and O–H groups in total. The SMILES string of the molecule is O=CO[C@H]1COC2OCCC21. The minimum Gasteiger partial charge on any atom is -0.462 e. The average Bonchev–Trinajstić information content (AvgIpc) is 2.53. The number of ether oxygens (including phenoxy) is 3. The van der Waals surface area contributed by atoms with Crippen LogP contribution in [0.1, 0.15) is 6.42 Å². The topological polar surface area (TPSA) is 44.8 Å². The van der Waals surface area contributed by atoms with Crippen LogP contribution in [0, 0.1) is 5.92 Å². The molecule has 2 unspecified atom stereocenters. The Morgan fingerprint density at radius 2 is 2.36 bits per heavy atom. The van der Waals surface area contributed by atoms with Gasteiger partial charge in [-0.15, -0.1) is 0 Å². The summed E-state index contributed by atoms with van der Waals surface area (Å²) in [5.41, 5.74) is 0. The minimum atomic E-state index is -0.125. The van der Waals surface area contributed by atoms with Gasteiger partial charge in [-0.05, 0) is 6.42 Å². The van der Waals surface area contributed by atoms with E-state index in [4.69, 9.17) is 14.2 Å². The monoisotopic (exact) mass is 158 g/mol. The molecule has 0 aliphatic carbocycles. The van der Waals surface area contributed by atoms with Crippen LogP contribution in [0.25, 0.3) is 0 Å². The maximum absolute atomic E-state index is 10.0. The van der Waals surface area contributed by atoms with Gasteiger partial charge in [0.25, 0.3) is 6.47 Å². The van der Waals surface area contributed by atoms with E-state index in [9.17, 15) is 4.79 Å². The van der Waals surface area contributed by atoms with Gasteiger partial charge >= 0.3 is 0 Å². The summed E-state index contributed by atoms with van der Waals surface area (Å²) >= 11 is 0. The van der Waals surface area contributed by atoms with Crippen molar-refractivity contribution < 1.29 is 19.0 Å². The van der Waals surface area contributed by atoms with Crippen LogP contribution >= 0.6 is 0 Å². The van der Waals surface area contributed by atoms with E-state index in [2.05, 4.69) is 0 Å². The molecule has 4 heteroatoms. The summed E-state index contributed by atoms with van der Waals surface area (Å²) in [5, 5.41) is 0. The first-order chi connectivity index (χ1) is 5.42. The number of hydrogen-bond donors (Lipinski definition) is 0. The van der Waals surface area contributed by atoms with Crippen molar-refractivity contribution in [1.29, 1.82) is 0 Å². The van der Waals surface area contributed by atoms with Gasteiger partial charge in [-0.1, -0.05) is 0 Å². The molecule has 2 aliphatic heterocycles. The Labute approximate surface area is 64.4 Å². The Hall–Kier alpha value is -0.610. The van der Waals surface area contributed by atoms with Crippen LogP contribution in [-0.2, 0) is 19.0 Å². The van der Waals surface area contributed by atoms with Crippen molar-refractivity contribution in [2.24, 2.45) is 5.92 Å². The molecule has 0 saturated carbocycles. The molecule has 0 bridgehead atoms. The Bertz CT molecular complexity index is 159. The van der Waals surface area contributed by atoms with E-state index in [-0.39, 0.29) is 18.3 Å². The lowest BCUT2D eigenvalue weighted by Gasteiger charge is -2.11. The standard InChI is InChI=1S/C7H10O4/c8-4-11-6-3-10-7-5(6)1-2-9-7/h4-7H,1-3H2/t5?,6-,7?/m0/s1. The van der Waals surface area contributed by atoms with Crippen molar-refractivity contribution >= 4 is 6.47 Å². The molecule has 11 heavy (non-hydrogen) atoms. The first-order valence-corrected chi connectivity index (χ1v) is 3.74. The van der Waals surface area contributed by atoms with Gasteiger partial charge in [0.05, 0.1) is 19.1 Å². The van der Waals surface area contributed by atoms with Gasteiger partial charge < -0.3 is 14.2 Å². The van der Waals surface area contributed by atoms with E-state index < -0.39 is 0 Å². The van der Waals surface area contributed by atoms with Gasteiger partial charge in [-0.2, -0.15) is 0 Å². The molecular formula is C7H10O4. The summed E-state index contributed by atoms with van der Waals surface area (Å²) in [7, 11) is 0. The van der Waals surface area contributed by atoms with Crippen LogP contribution in [0.2, 0.25) is 0 Å². The molecule has 0 radical (unpaired) electrons. The second-order valence-corrected chi connectivity index (χ2v) is 2.80. The van der Waals surface area contributed by atoms with E-state index in [0.29, 0.717) is 19.7 Å². The maximum atomic E-state index is 10.0. The van der Waals surface area contributed by atoms with E-state index in [1.54, 1.807) is 0 Å². The first-order valence-electron chi connectivity index (χ1n) is 3.74. The highest BCUT2D eigenvalue weighted by atomic mass is 16.7. The van der Waals surface area contributed by atoms with Crippen LogP contribution in [0.15, 0.2) is 0 Å². The van der Waals surface area contributed by atoms with Crippen molar-refractivity contribution in [1.82, 2.24) is 0 Å². The molecular weight excluding hydrogens is 148 g/mol. The summed E-state index contributed by atoms with van der Waals surface area (Å²) < 4.78 is 15.3. The van der Waals surface area contributed by atoms with Crippen LogP contribution in [0.3, 0.4) is 0 Å². The smallest absolute Gasteiger partial charge is 0.293 e. The van der Waals surface area contributed by atoms with Crippen LogP contribution in [0.5, 0.6) is 0 Å². The third kappa shape index (κ3) is 1.12. The van der Waals surface area contributed by atoms with E-state index in [1.165, 1.54) is 0 Å². The third-order valence-corrected chi connectivity index (χ3v) is 2.22. The van der Waals surface area contributed by atoms with Gasteiger partial charge in [0.1, 0.15) is 6.10 Å². The minimum absolute atomic E-state index is 0.0833. The molecule has 2 saturated heterocycles. The lowest BCUT2D eigenvalue weighted by Crippen LogP contribution is -2.22. The Morgan fingerprint density at radius 1 is 1.45 bits per heavy atom. The summed E-state index contributed by atoms with van der Waals surface area (Å²) in [6, 6.07) is 0. The second-order valence-electron chi connectivity index (χ2n) is 2.80. The zero-order valence-corrected chi connectivity index (χ0v) is 6.06. The Morgan fingerprint density at radius 3 is 3.18 bits per heavy atom. The highest BCUT2D eigenvalue weighted by Gasteiger charge is 2.42. The van der Waals surface area contributed by atoms with Crippen LogP contribution in [-0.4, -0.2) is 32.1 Å². The number of carbonyl (C=O) groups is 1. The molecule has 0 amide bonds. The maximum Gasteiger partial charge on any atom is 0.293 e. The summed E-state index contributed by atoms with van der Waals surface area (Å²) in [5.74, 6) is 0.264. The fraction of sp³-hybridized carbons (Fsp3) is 0.857. The van der Waals surface area contributed by atoms with Gasteiger partial charge in [0.2, 0.25) is 0 Å². The van der Waals surface area contributed by atoms with Gasteiger partial charge in [0.15, 0.2) is 6.29 Å². The van der Waals surface area contributed by atoms with E-state index >= 15 is 0 Å². The summed E-state index contributed by atoms with van der Waals surface area (Å²) in [6.45, 7) is 1.68. The normalized spacial score (nSPS) is 42.0. The molecule has 62 valence electrons. The zero-order valence-electron chi connectivity index (χ0n) is 6.06. The molecule has 2 fully saturated rings. The molecule has 0 aromatic heterocycles. The first kappa shape index (κ1) is 7.06. The molecule has 0 spiro atoms. The zero-order chi connectivity index (χ0) is 7.68. The molecule has 4 nitrogen and oxygen atoms in total. The highest BCUT2D eigenvalue weighted by Crippen LogP contribution is 2.32. The molecule has 0 aromatic carbocycles. The largest absolute Gasteiger partial charge is 0.462 e. The molecule has 2 heterocycles. The Balaban J connectivity index is 1.97. The number of rotatable bonds is 2. The van der Waals surface area contributed by atoms with Gasteiger partial charge in [0, 0.05) is 0 Å². The lowest BCUT2D eigenvalue weighted by atomic mass is 10.0. The predicted molar refractivity (Wildman–Crippen MR) is 34.7 cm³/mol. The van der Waals surface area contributed by atoms with E-state index in [1.807, 2.05) is 0 Å². The van der Waals surface area contributed by atoms with Crippen molar-refractivity contribution in [3.8, 4) is 0 Å². The number of hydrogen-bond acceptors (Lipinski definition) is 4. The number of carbonyl (C=O) groups excluding carboxylic acids is 1. The van der Waals surface area contributed by atoms with Crippen molar-refractivity contribution in [3.05, 3.63) is 0 Å². The third-order valence-electron chi connectivity index (χ3n) is 2.22. The van der Waals surface area contributed by atoms with Crippen molar-refractivity contribution in [2.45, 2.75) is 18.8 Å². The fourth-order valence-electron chi connectivity index (χ4n) is 1.64. The van der Waals surface area contributed by atoms with Gasteiger partial charge in [-0.3, -0.25) is 4.79 Å². The van der Waals surface area contributed by atoms with Crippen LogP contribution < -0.4 is 0 Å². The fourth-order valence-corrected chi connectivity index (χ4v) is 1.64. The average molecular weight is 158 g/mol. The van der Waals surface area contributed by atoms with Gasteiger partial charge in [-0.25, -0.2) is 0 Å². The molecule has 2 aliphatic rings. The van der Waals surface area contributed by atoms with Crippen LogP contribution in [0.4, 0.5) is 0 Å². The second kappa shape index (κ2) is 2.79. The molecule has 3 atom stereocenters. The predicted octanol–water partition coefficient (Wildman–Crippen LogP) is -0.0792. The highest BCUT2D eigenvalue weighted by molar-refractivity contribution is 5.37. The lowest BCUT2D eigenvalue weighted by molar-refractivity contribution is -0.135. The quantitative estimate of drug-likeness (QED) is 0.527. The summed E-state index contributed by atoms with van der Waals surface area (Å²) in [4.78, 5) is 10.0. The molecule has 2 rings (SSSR count). The Kier molecular flexibility index (Phi) is 1.79. The van der Waals surface area contributed by atoms with E-state index in [0.717, 1.165) is 6.42 Å². The van der Waals surface area contributed by atoms with Crippen molar-refractivity contribution in [2.75, 3.05) is 13.2 Å². The number of fused-ring (bicyclic) bond motifs is 1. The summed E-state index contributed by atoms with van der Waals surface area (Å²) in [6.07, 6.45) is 0.725. The van der Waals surface area contributed by atoms with Crippen molar-refractivity contribution in [3.63, 3.8) is 0 Å². The molecule has 0 aromatic rings.